The zero-order chi connectivity index (χ0) is 20.2. The third-order valence-corrected chi connectivity index (χ3v) is 5.16. The van der Waals surface area contributed by atoms with E-state index in [2.05, 4.69) is 20.9 Å². The molecular formula is C20H14ClN5O2S. The van der Waals surface area contributed by atoms with Crippen molar-refractivity contribution in [3.63, 3.8) is 0 Å². The van der Waals surface area contributed by atoms with Gasteiger partial charge < -0.3 is 10.6 Å². The monoisotopic (exact) mass is 423 g/mol. The van der Waals surface area contributed by atoms with E-state index in [-0.39, 0.29) is 11.6 Å². The van der Waals surface area contributed by atoms with E-state index in [1.807, 2.05) is 23.6 Å². The minimum Gasteiger partial charge on any atom is -0.321 e. The van der Waals surface area contributed by atoms with E-state index in [9.17, 15) is 9.59 Å². The van der Waals surface area contributed by atoms with E-state index in [4.69, 9.17) is 11.6 Å². The lowest BCUT2D eigenvalue weighted by Crippen LogP contribution is -2.13. The van der Waals surface area contributed by atoms with Crippen molar-refractivity contribution < 1.29 is 9.59 Å². The number of nitrogens with one attached hydrogen (secondary N) is 2. The molecule has 2 aromatic carbocycles. The summed E-state index contributed by atoms with van der Waals surface area (Å²) >= 11 is 7.51. The van der Waals surface area contributed by atoms with Gasteiger partial charge in [0, 0.05) is 11.4 Å². The highest BCUT2D eigenvalue weighted by atomic mass is 35.5. The molecule has 0 bridgehead atoms. The van der Waals surface area contributed by atoms with Crippen molar-refractivity contribution in [2.24, 2.45) is 0 Å². The molecule has 2 heterocycles. The molecule has 0 atom stereocenters. The maximum Gasteiger partial charge on any atom is 0.277 e. The van der Waals surface area contributed by atoms with Gasteiger partial charge in [0.15, 0.2) is 5.69 Å². The number of carbonyl (C=O) groups excluding carboxylic acids is 2. The molecule has 0 unspecified atom stereocenters. The summed E-state index contributed by atoms with van der Waals surface area (Å²) in [5.74, 6) is -0.577. The molecule has 0 fully saturated rings. The van der Waals surface area contributed by atoms with Gasteiger partial charge in [-0.3, -0.25) is 9.59 Å². The second-order valence-corrected chi connectivity index (χ2v) is 7.32. The summed E-state index contributed by atoms with van der Waals surface area (Å²) in [5.41, 5.74) is 1.98. The average Bonchev–Trinajstić information content (AvgIpc) is 3.42. The molecule has 144 valence electrons. The van der Waals surface area contributed by atoms with Crippen LogP contribution in [0, 0.1) is 0 Å². The molecule has 2 N–H and O–H groups in total. The molecule has 29 heavy (non-hydrogen) atoms. The van der Waals surface area contributed by atoms with E-state index in [0.29, 0.717) is 27.0 Å². The molecule has 0 aliphatic rings. The molecular weight excluding hydrogens is 410 g/mol. The second-order valence-electron chi connectivity index (χ2n) is 5.96. The van der Waals surface area contributed by atoms with Gasteiger partial charge in [0.1, 0.15) is 0 Å². The van der Waals surface area contributed by atoms with Crippen LogP contribution in [0.25, 0.3) is 5.69 Å². The zero-order valence-electron chi connectivity index (χ0n) is 14.9. The third-order valence-electron chi connectivity index (χ3n) is 3.97. The van der Waals surface area contributed by atoms with E-state index < -0.39 is 5.91 Å². The van der Waals surface area contributed by atoms with Crippen LogP contribution in [-0.4, -0.2) is 26.8 Å². The summed E-state index contributed by atoms with van der Waals surface area (Å²) in [4.78, 5) is 25.1. The maximum atomic E-state index is 12.4. The van der Waals surface area contributed by atoms with Gasteiger partial charge in [0.05, 0.1) is 21.8 Å². The van der Waals surface area contributed by atoms with Gasteiger partial charge in [-0.25, -0.2) is 4.68 Å². The van der Waals surface area contributed by atoms with E-state index in [1.54, 1.807) is 42.5 Å². The Morgan fingerprint density at radius 1 is 0.897 bits per heavy atom. The summed E-state index contributed by atoms with van der Waals surface area (Å²) in [6, 6.07) is 17.5. The molecule has 0 spiro atoms. The van der Waals surface area contributed by atoms with Crippen molar-refractivity contribution in [1.29, 1.82) is 0 Å². The Labute approximate surface area is 174 Å². The number of hydrogen-bond acceptors (Lipinski definition) is 5. The quantitative estimate of drug-likeness (QED) is 0.495. The summed E-state index contributed by atoms with van der Waals surface area (Å²) < 4.78 is 1.44. The molecule has 0 saturated heterocycles. The highest BCUT2D eigenvalue weighted by Crippen LogP contribution is 2.20. The molecule has 9 heteroatoms. The molecule has 0 aliphatic heterocycles. The summed E-state index contributed by atoms with van der Waals surface area (Å²) in [5, 5.41) is 15.8. The largest absolute Gasteiger partial charge is 0.321 e. The van der Waals surface area contributed by atoms with Crippen molar-refractivity contribution in [1.82, 2.24) is 15.0 Å². The lowest BCUT2D eigenvalue weighted by atomic mass is 10.2. The summed E-state index contributed by atoms with van der Waals surface area (Å²) in [7, 11) is 0. The number of amides is 2. The molecule has 0 radical (unpaired) electrons. The SMILES string of the molecule is O=C(Nc1ccc(NC(=O)c2cccs2)cc1)c1cn(-c2ccccc2Cl)nn1. The fourth-order valence-electron chi connectivity index (χ4n) is 2.56. The normalized spacial score (nSPS) is 10.5. The Balaban J connectivity index is 1.41. The molecule has 7 nitrogen and oxygen atoms in total. The van der Waals surface area contributed by atoms with Gasteiger partial charge in [-0.15, -0.1) is 16.4 Å². The first kappa shape index (κ1) is 18.9. The number of para-hydroxylation sites is 1. The number of benzene rings is 2. The van der Waals surface area contributed by atoms with E-state index in [0.717, 1.165) is 0 Å². The van der Waals surface area contributed by atoms with Crippen LogP contribution in [0.2, 0.25) is 5.02 Å². The molecule has 0 aliphatic carbocycles. The second kappa shape index (κ2) is 8.26. The first-order valence-corrected chi connectivity index (χ1v) is 9.79. The number of halogens is 1. The molecule has 2 aromatic heterocycles. The predicted octanol–water partition coefficient (Wildman–Crippen LogP) is 4.49. The number of carbonyl (C=O) groups is 2. The molecule has 2 amide bonds. The Morgan fingerprint density at radius 2 is 1.59 bits per heavy atom. The number of aromatic nitrogens is 3. The van der Waals surface area contributed by atoms with Crippen molar-refractivity contribution >= 4 is 46.1 Å². The lowest BCUT2D eigenvalue weighted by molar-refractivity contribution is 0.101. The van der Waals surface area contributed by atoms with E-state index in [1.165, 1.54) is 22.2 Å². The van der Waals surface area contributed by atoms with Crippen LogP contribution in [-0.2, 0) is 0 Å². The Kier molecular flexibility index (Phi) is 5.37. The lowest BCUT2D eigenvalue weighted by Gasteiger charge is -2.06. The van der Waals surface area contributed by atoms with Gasteiger partial charge in [-0.1, -0.05) is 35.0 Å². The molecule has 4 rings (SSSR count). The number of nitrogens with zero attached hydrogens (tertiary/aromatic N) is 3. The maximum absolute atomic E-state index is 12.4. The number of thiophene rings is 1. The first-order valence-electron chi connectivity index (χ1n) is 8.54. The average molecular weight is 424 g/mol. The van der Waals surface area contributed by atoms with Gasteiger partial charge >= 0.3 is 0 Å². The minimum absolute atomic E-state index is 0.153. The smallest absolute Gasteiger partial charge is 0.277 e. The third kappa shape index (κ3) is 4.34. The number of hydrogen-bond donors (Lipinski definition) is 2. The topological polar surface area (TPSA) is 88.9 Å². The van der Waals surface area contributed by atoms with Gasteiger partial charge in [0.2, 0.25) is 0 Å². The van der Waals surface area contributed by atoms with E-state index >= 15 is 0 Å². The zero-order valence-corrected chi connectivity index (χ0v) is 16.4. The minimum atomic E-state index is -0.404. The van der Waals surface area contributed by atoms with Crippen molar-refractivity contribution in [2.75, 3.05) is 10.6 Å². The summed E-state index contributed by atoms with van der Waals surface area (Å²) in [6.07, 6.45) is 1.51. The fraction of sp³-hybridized carbons (Fsp3) is 0. The predicted molar refractivity (Wildman–Crippen MR) is 113 cm³/mol. The van der Waals surface area contributed by atoms with Gasteiger partial charge in [-0.05, 0) is 47.8 Å². The number of anilines is 2. The summed E-state index contributed by atoms with van der Waals surface area (Å²) in [6.45, 7) is 0. The van der Waals surface area contributed by atoms with Crippen LogP contribution >= 0.6 is 22.9 Å². The van der Waals surface area contributed by atoms with Crippen LogP contribution in [0.4, 0.5) is 11.4 Å². The first-order chi connectivity index (χ1) is 14.1. The number of rotatable bonds is 5. The Bertz CT molecular complexity index is 1160. The molecule has 4 aromatic rings. The van der Waals surface area contributed by atoms with Crippen molar-refractivity contribution in [3.05, 3.63) is 87.8 Å². The van der Waals surface area contributed by atoms with Crippen LogP contribution in [0.1, 0.15) is 20.2 Å². The van der Waals surface area contributed by atoms with Crippen LogP contribution in [0.15, 0.2) is 72.2 Å². The Hall–Kier alpha value is -3.49. The Morgan fingerprint density at radius 3 is 2.24 bits per heavy atom. The van der Waals surface area contributed by atoms with Gasteiger partial charge in [-0.2, -0.15) is 0 Å². The highest BCUT2D eigenvalue weighted by molar-refractivity contribution is 7.12. The van der Waals surface area contributed by atoms with Crippen LogP contribution in [0.3, 0.4) is 0 Å². The van der Waals surface area contributed by atoms with Crippen molar-refractivity contribution in [3.8, 4) is 5.69 Å². The van der Waals surface area contributed by atoms with Gasteiger partial charge in [0.25, 0.3) is 11.8 Å². The van der Waals surface area contributed by atoms with Crippen LogP contribution in [0.5, 0.6) is 0 Å². The van der Waals surface area contributed by atoms with Crippen molar-refractivity contribution in [2.45, 2.75) is 0 Å². The highest BCUT2D eigenvalue weighted by Gasteiger charge is 2.13. The fourth-order valence-corrected chi connectivity index (χ4v) is 3.40. The molecule has 0 saturated carbocycles. The standard InChI is InChI=1S/C20H14ClN5O2S/c21-15-4-1-2-5-17(15)26-12-16(24-25-26)19(27)22-13-7-9-14(10-8-13)23-20(28)18-6-3-11-29-18/h1-12H,(H,22,27)(H,23,28). The van der Waals surface area contributed by atoms with Crippen LogP contribution < -0.4 is 10.6 Å².